The molecule has 0 radical (unpaired) electrons. The first kappa shape index (κ1) is 42.9. The van der Waals surface area contributed by atoms with Crippen LogP contribution >= 0.6 is 22.7 Å². The highest BCUT2D eigenvalue weighted by atomic mass is 32.1. The highest BCUT2D eigenvalue weighted by Gasteiger charge is 2.21. The minimum Gasteiger partial charge on any atom is -0.309 e. The molecule has 0 amide bonds. The number of hydrogen-bond donors (Lipinski definition) is 0. The maximum atomic E-state index is 5.32. The maximum Gasteiger partial charge on any atom is 0.164 e. The van der Waals surface area contributed by atoms with Crippen LogP contribution in [-0.2, 0) is 0 Å². The Kier molecular flexibility index (Phi) is 9.61. The van der Waals surface area contributed by atoms with Gasteiger partial charge in [-0.15, -0.1) is 22.7 Å². The second kappa shape index (κ2) is 17.0. The number of thiophene rings is 2. The van der Waals surface area contributed by atoms with Crippen LogP contribution in [-0.4, -0.2) is 24.1 Å². The predicted octanol–water partition coefficient (Wildman–Crippen LogP) is 19.1. The van der Waals surface area contributed by atoms with Gasteiger partial charge in [0.15, 0.2) is 17.5 Å². The molecule has 0 bridgehead atoms. The number of hydrogen-bond acceptors (Lipinski definition) is 5. The minimum atomic E-state index is 0.593. The average molecular weight is 1000 g/mol. The highest BCUT2D eigenvalue weighted by Crippen LogP contribution is 2.43. The normalized spacial score (nSPS) is 11.9. The Hall–Kier alpha value is -9.53. The molecule has 0 aliphatic rings. The minimum absolute atomic E-state index is 0.593. The zero-order valence-electron chi connectivity index (χ0n) is 40.7. The second-order valence-electron chi connectivity index (χ2n) is 19.6. The Labute approximate surface area is 444 Å². The maximum absolute atomic E-state index is 5.32. The monoisotopic (exact) mass is 1000 g/mol. The number of benzene rings is 11. The summed E-state index contributed by atoms with van der Waals surface area (Å²) in [6, 6.07) is 90.1. The first-order chi connectivity index (χ1) is 37.6. The van der Waals surface area contributed by atoms with Crippen LogP contribution in [0.3, 0.4) is 0 Å². The molecule has 16 rings (SSSR count). The third kappa shape index (κ3) is 6.87. The molecular formula is C69H41N5S2. The van der Waals surface area contributed by atoms with E-state index in [2.05, 4.69) is 221 Å². The van der Waals surface area contributed by atoms with Gasteiger partial charge in [-0.25, -0.2) is 15.0 Å². The van der Waals surface area contributed by atoms with Gasteiger partial charge < -0.3 is 9.13 Å². The lowest BCUT2D eigenvalue weighted by atomic mass is 10.0. The number of para-hydroxylation sites is 2. The number of rotatable bonds is 7. The van der Waals surface area contributed by atoms with E-state index in [1.165, 1.54) is 84.1 Å². The fraction of sp³-hybridized carbons (Fsp3) is 0. The summed E-state index contributed by atoms with van der Waals surface area (Å²) in [4.78, 5) is 15.7. The Morgan fingerprint density at radius 2 is 0.579 bits per heavy atom. The standard InChI is InChI=1S/C69H41N5S2/c1-3-15-42(16-4-1)67-70-68(43-17-5-2-6-18-43)72-69(71-67)48-35-49(73-59-23-11-7-19-51(59)57-37-44(29-33-61(57)73)46-27-31-55-53-21-9-13-25-63(53)75-65(55)39-46)41-50(36-48)74-60-24-12-8-20-52(60)58-38-45(30-34-62(58)74)47-28-32-56-54-22-10-14-26-64(54)76-66(56)40-47/h1-41H. The summed E-state index contributed by atoms with van der Waals surface area (Å²) >= 11 is 3.72. The van der Waals surface area contributed by atoms with Gasteiger partial charge in [0.2, 0.25) is 0 Å². The van der Waals surface area contributed by atoms with Gasteiger partial charge in [0.05, 0.1) is 22.1 Å². The SMILES string of the molecule is c1ccc(-c2nc(-c3ccccc3)nc(-c3cc(-n4c5ccccc5c5cc(-c6ccc7c(c6)sc6ccccc67)ccc54)cc(-n4c5ccccc5c5cc(-c6ccc7c(c6)sc6ccccc67)ccc54)c3)n2)cc1. The lowest BCUT2D eigenvalue weighted by Gasteiger charge is -2.16. The molecule has 0 aliphatic heterocycles. The molecule has 0 spiro atoms. The topological polar surface area (TPSA) is 48.5 Å². The van der Waals surface area contributed by atoms with Gasteiger partial charge >= 0.3 is 0 Å². The number of fused-ring (bicyclic) bond motifs is 12. The largest absolute Gasteiger partial charge is 0.309 e. The van der Waals surface area contributed by atoms with E-state index in [4.69, 9.17) is 15.0 Å². The zero-order chi connectivity index (χ0) is 49.8. The lowest BCUT2D eigenvalue weighted by Crippen LogP contribution is -2.03. The van der Waals surface area contributed by atoms with E-state index in [1.54, 1.807) is 0 Å². The van der Waals surface area contributed by atoms with E-state index in [-0.39, 0.29) is 0 Å². The van der Waals surface area contributed by atoms with E-state index in [0.29, 0.717) is 17.5 Å². The van der Waals surface area contributed by atoms with Crippen LogP contribution in [0.5, 0.6) is 0 Å². The van der Waals surface area contributed by atoms with Crippen molar-refractivity contribution < 1.29 is 0 Å². The molecule has 7 heteroatoms. The van der Waals surface area contributed by atoms with Crippen LogP contribution < -0.4 is 0 Å². The van der Waals surface area contributed by atoms with Crippen LogP contribution in [0.25, 0.3) is 152 Å². The summed E-state index contributed by atoms with van der Waals surface area (Å²) in [5.74, 6) is 1.83. The molecule has 0 unspecified atom stereocenters. The van der Waals surface area contributed by atoms with Gasteiger partial charge in [0, 0.05) is 90.0 Å². The molecular weight excluding hydrogens is 963 g/mol. The van der Waals surface area contributed by atoms with Crippen LogP contribution in [0.1, 0.15) is 0 Å². The summed E-state index contributed by atoms with van der Waals surface area (Å²) in [6.45, 7) is 0. The Bertz CT molecular complexity index is 4700. The third-order valence-corrected chi connectivity index (χ3v) is 17.4. The first-order valence-electron chi connectivity index (χ1n) is 25.6. The number of aromatic nitrogens is 5. The highest BCUT2D eigenvalue weighted by molar-refractivity contribution is 7.26. The molecule has 5 nitrogen and oxygen atoms in total. The van der Waals surface area contributed by atoms with Crippen LogP contribution in [0.15, 0.2) is 249 Å². The van der Waals surface area contributed by atoms with E-state index < -0.39 is 0 Å². The van der Waals surface area contributed by atoms with Crippen molar-refractivity contribution in [1.29, 1.82) is 0 Å². The second-order valence-corrected chi connectivity index (χ2v) is 21.7. The van der Waals surface area contributed by atoms with Gasteiger partial charge in [-0.3, -0.25) is 0 Å². The zero-order valence-corrected chi connectivity index (χ0v) is 42.4. The van der Waals surface area contributed by atoms with Crippen LogP contribution in [0, 0.1) is 0 Å². The van der Waals surface area contributed by atoms with Gasteiger partial charge in [0.25, 0.3) is 0 Å². The smallest absolute Gasteiger partial charge is 0.164 e. The van der Waals surface area contributed by atoms with E-state index in [9.17, 15) is 0 Å². The van der Waals surface area contributed by atoms with Gasteiger partial charge in [0.1, 0.15) is 0 Å². The molecule has 5 heterocycles. The molecule has 0 saturated heterocycles. The van der Waals surface area contributed by atoms with Crippen molar-refractivity contribution in [3.8, 4) is 67.8 Å². The molecule has 5 aromatic heterocycles. The lowest BCUT2D eigenvalue weighted by molar-refractivity contribution is 1.07. The Balaban J connectivity index is 0.924. The third-order valence-electron chi connectivity index (χ3n) is 15.1. The molecule has 0 atom stereocenters. The summed E-state index contributed by atoms with van der Waals surface area (Å²) in [7, 11) is 0. The van der Waals surface area contributed by atoms with E-state index in [1.807, 2.05) is 59.1 Å². The molecule has 76 heavy (non-hydrogen) atoms. The molecule has 16 aromatic rings. The summed E-state index contributed by atoms with van der Waals surface area (Å²) < 4.78 is 10.1. The molecule has 11 aromatic carbocycles. The summed E-state index contributed by atoms with van der Waals surface area (Å²) in [5, 5.41) is 9.97. The fourth-order valence-corrected chi connectivity index (χ4v) is 13.9. The molecule has 0 saturated carbocycles. The van der Waals surface area contributed by atoms with Crippen molar-refractivity contribution in [2.45, 2.75) is 0 Å². The van der Waals surface area contributed by atoms with Crippen molar-refractivity contribution in [3.05, 3.63) is 249 Å². The average Bonchev–Trinajstić information content (AvgIpc) is 4.28. The summed E-state index contributed by atoms with van der Waals surface area (Å²) in [6.07, 6.45) is 0. The molecule has 0 aliphatic carbocycles. The van der Waals surface area contributed by atoms with Gasteiger partial charge in [-0.2, -0.15) is 0 Å². The molecule has 0 N–H and O–H groups in total. The van der Waals surface area contributed by atoms with Crippen LogP contribution in [0.2, 0.25) is 0 Å². The molecule has 354 valence electrons. The van der Waals surface area contributed by atoms with Crippen molar-refractivity contribution in [1.82, 2.24) is 24.1 Å². The van der Waals surface area contributed by atoms with Crippen molar-refractivity contribution in [2.24, 2.45) is 0 Å². The van der Waals surface area contributed by atoms with E-state index in [0.717, 1.165) is 50.1 Å². The van der Waals surface area contributed by atoms with Gasteiger partial charge in [-0.1, -0.05) is 170 Å². The van der Waals surface area contributed by atoms with Crippen molar-refractivity contribution in [3.63, 3.8) is 0 Å². The summed E-state index contributed by atoms with van der Waals surface area (Å²) in [5.41, 5.74) is 14.0. The van der Waals surface area contributed by atoms with Gasteiger partial charge in [-0.05, 0) is 101 Å². The number of nitrogens with zero attached hydrogens (tertiary/aromatic N) is 5. The van der Waals surface area contributed by atoms with Crippen molar-refractivity contribution >= 4 is 107 Å². The fourth-order valence-electron chi connectivity index (χ4n) is 11.6. The predicted molar refractivity (Wildman–Crippen MR) is 321 cm³/mol. The van der Waals surface area contributed by atoms with Crippen molar-refractivity contribution in [2.75, 3.05) is 0 Å². The Morgan fingerprint density at radius 1 is 0.224 bits per heavy atom. The quantitative estimate of drug-likeness (QED) is 0.160. The Morgan fingerprint density at radius 3 is 1.05 bits per heavy atom. The first-order valence-corrected chi connectivity index (χ1v) is 27.2. The van der Waals surface area contributed by atoms with E-state index >= 15 is 0 Å². The molecule has 0 fully saturated rings. The van der Waals surface area contributed by atoms with Crippen LogP contribution in [0.4, 0.5) is 0 Å².